The Balaban J connectivity index is 1.98. The largest absolute Gasteiger partial charge is 0.398 e. The number of carbonyl (C=O) groups is 1. The molecule has 1 fully saturated rings. The Bertz CT molecular complexity index is 416. The summed E-state index contributed by atoms with van der Waals surface area (Å²) in [5, 5.41) is 0. The molecule has 0 radical (unpaired) electrons. The Morgan fingerprint density at radius 1 is 1.67 bits per heavy atom. The average molecular weight is 249 g/mol. The molecule has 0 aliphatic carbocycles. The van der Waals surface area contributed by atoms with Crippen LogP contribution in [0.2, 0.25) is 0 Å². The molecular weight excluding hydrogens is 230 g/mol. The zero-order chi connectivity index (χ0) is 13.0. The van der Waals surface area contributed by atoms with Gasteiger partial charge in [-0.05, 0) is 24.8 Å². The first-order valence-electron chi connectivity index (χ1n) is 6.21. The van der Waals surface area contributed by atoms with E-state index in [-0.39, 0.29) is 5.91 Å². The van der Waals surface area contributed by atoms with Crippen molar-refractivity contribution in [2.75, 3.05) is 32.5 Å². The summed E-state index contributed by atoms with van der Waals surface area (Å²) < 4.78 is 5.42. The van der Waals surface area contributed by atoms with E-state index in [0.29, 0.717) is 23.7 Å². The molecule has 0 saturated carbocycles. The first-order chi connectivity index (χ1) is 8.68. The summed E-state index contributed by atoms with van der Waals surface area (Å²) in [5.41, 5.74) is 6.72. The third-order valence-electron chi connectivity index (χ3n) is 3.22. The van der Waals surface area contributed by atoms with Crippen LogP contribution in [0.1, 0.15) is 23.2 Å². The van der Waals surface area contributed by atoms with E-state index in [1.807, 2.05) is 0 Å². The van der Waals surface area contributed by atoms with Crippen molar-refractivity contribution in [3.63, 3.8) is 0 Å². The van der Waals surface area contributed by atoms with Crippen LogP contribution in [0.4, 0.5) is 5.69 Å². The molecule has 0 bridgehead atoms. The van der Waals surface area contributed by atoms with E-state index in [2.05, 4.69) is 4.98 Å². The number of carbonyl (C=O) groups excluding carboxylic acids is 1. The van der Waals surface area contributed by atoms with Crippen LogP contribution in [0, 0.1) is 5.92 Å². The molecule has 18 heavy (non-hydrogen) atoms. The van der Waals surface area contributed by atoms with Gasteiger partial charge in [0, 0.05) is 38.3 Å². The molecule has 5 nitrogen and oxygen atoms in total. The standard InChI is InChI=1S/C13H19N3O2/c1-16(8-10-3-2-6-18-9-10)13(17)11-7-15-5-4-12(11)14/h4-5,7,10H,2-3,6,8-9H2,1H3,(H2,14,15)/t10-/m0/s1. The molecule has 98 valence electrons. The molecule has 1 aromatic heterocycles. The lowest BCUT2D eigenvalue weighted by atomic mass is 10.0. The summed E-state index contributed by atoms with van der Waals surface area (Å²) in [7, 11) is 1.80. The Kier molecular flexibility index (Phi) is 4.15. The molecule has 2 N–H and O–H groups in total. The fourth-order valence-electron chi connectivity index (χ4n) is 2.21. The second kappa shape index (κ2) is 5.82. The molecule has 1 aliphatic heterocycles. The van der Waals surface area contributed by atoms with Crippen molar-refractivity contribution >= 4 is 11.6 Å². The second-order valence-electron chi connectivity index (χ2n) is 4.73. The van der Waals surface area contributed by atoms with Gasteiger partial charge in [-0.1, -0.05) is 0 Å². The number of rotatable bonds is 3. The fourth-order valence-corrected chi connectivity index (χ4v) is 2.21. The van der Waals surface area contributed by atoms with E-state index in [1.165, 1.54) is 6.20 Å². The van der Waals surface area contributed by atoms with Gasteiger partial charge < -0.3 is 15.4 Å². The van der Waals surface area contributed by atoms with Crippen LogP contribution in [0.3, 0.4) is 0 Å². The van der Waals surface area contributed by atoms with Gasteiger partial charge in [0.1, 0.15) is 0 Å². The first-order valence-corrected chi connectivity index (χ1v) is 6.21. The van der Waals surface area contributed by atoms with Crippen LogP contribution in [0.5, 0.6) is 0 Å². The highest BCUT2D eigenvalue weighted by molar-refractivity contribution is 5.98. The van der Waals surface area contributed by atoms with Gasteiger partial charge in [0.2, 0.25) is 0 Å². The number of nitrogens with two attached hydrogens (primary N) is 1. The number of aromatic nitrogens is 1. The second-order valence-corrected chi connectivity index (χ2v) is 4.73. The maximum atomic E-state index is 12.2. The van der Waals surface area contributed by atoms with E-state index < -0.39 is 0 Å². The predicted octanol–water partition coefficient (Wildman–Crippen LogP) is 1.16. The van der Waals surface area contributed by atoms with E-state index in [9.17, 15) is 4.79 Å². The van der Waals surface area contributed by atoms with Crippen LogP contribution >= 0.6 is 0 Å². The molecule has 1 saturated heterocycles. The van der Waals surface area contributed by atoms with E-state index >= 15 is 0 Å². The number of hydrogen-bond acceptors (Lipinski definition) is 4. The van der Waals surface area contributed by atoms with E-state index in [1.54, 1.807) is 24.2 Å². The molecule has 0 aromatic carbocycles. The van der Waals surface area contributed by atoms with Gasteiger partial charge >= 0.3 is 0 Å². The SMILES string of the molecule is CN(C[C@@H]1CCCOC1)C(=O)c1cnccc1N. The maximum absolute atomic E-state index is 12.2. The number of amides is 1. The summed E-state index contributed by atoms with van der Waals surface area (Å²) in [4.78, 5) is 17.8. The molecule has 1 atom stereocenters. The molecule has 2 heterocycles. The van der Waals surface area contributed by atoms with E-state index in [4.69, 9.17) is 10.5 Å². The van der Waals surface area contributed by atoms with Gasteiger partial charge in [0.25, 0.3) is 5.91 Å². The zero-order valence-electron chi connectivity index (χ0n) is 10.6. The third kappa shape index (κ3) is 2.98. The number of nitrogen functional groups attached to an aromatic ring is 1. The van der Waals surface area contributed by atoms with Gasteiger partial charge in [-0.3, -0.25) is 9.78 Å². The van der Waals surface area contributed by atoms with Gasteiger partial charge in [-0.25, -0.2) is 0 Å². The smallest absolute Gasteiger partial charge is 0.257 e. The molecular formula is C13H19N3O2. The highest BCUT2D eigenvalue weighted by atomic mass is 16.5. The van der Waals surface area contributed by atoms with Crippen LogP contribution in [0.25, 0.3) is 0 Å². The third-order valence-corrected chi connectivity index (χ3v) is 3.22. The van der Waals surface area contributed by atoms with Crippen LogP contribution in [-0.2, 0) is 4.74 Å². The van der Waals surface area contributed by atoms with Crippen molar-refractivity contribution in [2.45, 2.75) is 12.8 Å². The molecule has 1 amide bonds. The minimum Gasteiger partial charge on any atom is -0.398 e. The van der Waals surface area contributed by atoms with Gasteiger partial charge in [-0.15, -0.1) is 0 Å². The highest BCUT2D eigenvalue weighted by Crippen LogP contribution is 2.17. The highest BCUT2D eigenvalue weighted by Gasteiger charge is 2.20. The quantitative estimate of drug-likeness (QED) is 0.873. The molecule has 2 rings (SSSR count). The van der Waals surface area contributed by atoms with E-state index in [0.717, 1.165) is 26.1 Å². The van der Waals surface area contributed by atoms with Crippen LogP contribution in [-0.4, -0.2) is 42.6 Å². The van der Waals surface area contributed by atoms with Gasteiger partial charge in [-0.2, -0.15) is 0 Å². The molecule has 1 aromatic rings. The van der Waals surface area contributed by atoms with Crippen LogP contribution in [0.15, 0.2) is 18.5 Å². The molecule has 0 spiro atoms. The van der Waals surface area contributed by atoms with Crippen molar-refractivity contribution in [3.05, 3.63) is 24.0 Å². The summed E-state index contributed by atoms with van der Waals surface area (Å²) in [5.74, 6) is 0.344. The number of ether oxygens (including phenoxy) is 1. The molecule has 0 unspecified atom stereocenters. The van der Waals surface area contributed by atoms with Crippen molar-refractivity contribution in [1.82, 2.24) is 9.88 Å². The number of hydrogen-bond donors (Lipinski definition) is 1. The van der Waals surface area contributed by atoms with Crippen molar-refractivity contribution in [3.8, 4) is 0 Å². The monoisotopic (exact) mass is 249 g/mol. The minimum absolute atomic E-state index is 0.0776. The minimum atomic E-state index is -0.0776. The Morgan fingerprint density at radius 2 is 2.50 bits per heavy atom. The van der Waals surface area contributed by atoms with Crippen LogP contribution < -0.4 is 5.73 Å². The lowest BCUT2D eigenvalue weighted by Gasteiger charge is -2.27. The zero-order valence-corrected chi connectivity index (χ0v) is 10.6. The topological polar surface area (TPSA) is 68.5 Å². The summed E-state index contributed by atoms with van der Waals surface area (Å²) >= 11 is 0. The Morgan fingerprint density at radius 3 is 3.17 bits per heavy atom. The first kappa shape index (κ1) is 12.8. The predicted molar refractivity (Wildman–Crippen MR) is 69.2 cm³/mol. The normalized spacial score (nSPS) is 19.5. The lowest BCUT2D eigenvalue weighted by Crippen LogP contribution is -2.35. The maximum Gasteiger partial charge on any atom is 0.257 e. The molecule has 5 heteroatoms. The van der Waals surface area contributed by atoms with Gasteiger partial charge in [0.05, 0.1) is 12.2 Å². The number of pyridine rings is 1. The molecule has 1 aliphatic rings. The Labute approximate surface area is 107 Å². The summed E-state index contributed by atoms with van der Waals surface area (Å²) in [6.07, 6.45) is 5.29. The average Bonchev–Trinajstić information content (AvgIpc) is 2.39. The van der Waals surface area contributed by atoms with Crippen molar-refractivity contribution in [1.29, 1.82) is 0 Å². The van der Waals surface area contributed by atoms with Gasteiger partial charge in [0.15, 0.2) is 0 Å². The fraction of sp³-hybridized carbons (Fsp3) is 0.538. The van der Waals surface area contributed by atoms with Crippen molar-refractivity contribution in [2.24, 2.45) is 5.92 Å². The number of nitrogens with zero attached hydrogens (tertiary/aromatic N) is 2. The lowest BCUT2D eigenvalue weighted by molar-refractivity contribution is 0.0389. The summed E-state index contributed by atoms with van der Waals surface area (Å²) in [6.45, 7) is 2.27. The van der Waals surface area contributed by atoms with Crippen molar-refractivity contribution < 1.29 is 9.53 Å². The summed E-state index contributed by atoms with van der Waals surface area (Å²) in [6, 6.07) is 1.64. The number of anilines is 1. The Hall–Kier alpha value is -1.62.